The first-order valence-corrected chi connectivity index (χ1v) is 14.4. The summed E-state index contributed by atoms with van der Waals surface area (Å²) < 4.78 is 26.7. The SMILES string of the molecule is CC1[C@H](C)N(C(=O)c2ccc(S(=O)CC(=O)N3CC4(CCC(=O)N4)C3)c(Cl)c2)CCN1c1cccc(F)c1. The maximum absolute atomic E-state index is 13.7. The minimum Gasteiger partial charge on any atom is -0.365 e. The van der Waals surface area contributed by atoms with Crippen LogP contribution < -0.4 is 10.2 Å². The maximum Gasteiger partial charge on any atom is 0.254 e. The van der Waals surface area contributed by atoms with Gasteiger partial charge >= 0.3 is 0 Å². The standard InChI is InChI=1S/C27H30ClFN4O4S/c1-17-18(2)33(11-10-32(17)21-5-3-4-20(29)13-21)26(36)19-6-7-23(22(28)12-19)38(37)14-25(35)31-15-27(16-31)9-8-24(34)30-27/h3-7,12-13,17-18H,8-11,14-16H2,1-2H3,(H,30,34)/t17?,18-,38?/m0/s1. The third-order valence-corrected chi connectivity index (χ3v) is 9.70. The zero-order chi connectivity index (χ0) is 27.2. The molecule has 3 fully saturated rings. The molecule has 0 aromatic heterocycles. The van der Waals surface area contributed by atoms with Crippen LogP contribution in [0.25, 0.3) is 0 Å². The van der Waals surface area contributed by atoms with Crippen molar-refractivity contribution in [1.29, 1.82) is 0 Å². The largest absolute Gasteiger partial charge is 0.365 e. The number of amides is 3. The Morgan fingerprint density at radius 1 is 1.13 bits per heavy atom. The molecule has 0 bridgehead atoms. The molecule has 3 aliphatic heterocycles. The molecular weight excluding hydrogens is 531 g/mol. The Morgan fingerprint density at radius 3 is 2.55 bits per heavy atom. The van der Waals surface area contributed by atoms with Crippen LogP contribution in [-0.4, -0.2) is 81.3 Å². The van der Waals surface area contributed by atoms with Crippen molar-refractivity contribution in [3.05, 3.63) is 58.9 Å². The second-order valence-corrected chi connectivity index (χ2v) is 12.2. The topological polar surface area (TPSA) is 90.0 Å². The number of hydrogen-bond donors (Lipinski definition) is 1. The molecule has 2 aromatic carbocycles. The summed E-state index contributed by atoms with van der Waals surface area (Å²) in [5.41, 5.74) is 0.829. The van der Waals surface area contributed by atoms with Gasteiger partial charge in [-0.25, -0.2) is 4.39 Å². The fourth-order valence-electron chi connectivity index (χ4n) is 5.59. The van der Waals surface area contributed by atoms with E-state index in [-0.39, 0.29) is 51.9 Å². The average Bonchev–Trinajstić information content (AvgIpc) is 3.26. The molecule has 11 heteroatoms. The van der Waals surface area contributed by atoms with Crippen LogP contribution in [0.1, 0.15) is 37.0 Å². The highest BCUT2D eigenvalue weighted by Crippen LogP contribution is 2.31. The molecule has 2 aromatic rings. The van der Waals surface area contributed by atoms with Crippen molar-refractivity contribution in [3.63, 3.8) is 0 Å². The Kier molecular flexibility index (Phi) is 7.21. The maximum atomic E-state index is 13.7. The molecule has 3 amide bonds. The molecule has 38 heavy (non-hydrogen) atoms. The van der Waals surface area contributed by atoms with Gasteiger partial charge in [-0.05, 0) is 56.7 Å². The van der Waals surface area contributed by atoms with Crippen LogP contribution in [-0.2, 0) is 20.4 Å². The molecule has 2 unspecified atom stereocenters. The number of nitrogens with zero attached hydrogens (tertiary/aromatic N) is 3. The molecule has 202 valence electrons. The summed E-state index contributed by atoms with van der Waals surface area (Å²) in [6, 6.07) is 10.9. The first-order valence-electron chi connectivity index (χ1n) is 12.7. The number of nitrogens with one attached hydrogen (secondary N) is 1. The van der Waals surface area contributed by atoms with Gasteiger partial charge in [-0.2, -0.15) is 0 Å². The van der Waals surface area contributed by atoms with Crippen LogP contribution in [0.4, 0.5) is 10.1 Å². The lowest BCUT2D eigenvalue weighted by Gasteiger charge is -2.47. The number of piperazine rings is 1. The van der Waals surface area contributed by atoms with Gasteiger partial charge in [-0.3, -0.25) is 18.6 Å². The van der Waals surface area contributed by atoms with Gasteiger partial charge in [0.25, 0.3) is 5.91 Å². The van der Waals surface area contributed by atoms with Crippen molar-refractivity contribution in [1.82, 2.24) is 15.1 Å². The highest BCUT2D eigenvalue weighted by Gasteiger charge is 2.49. The molecule has 3 atom stereocenters. The smallest absolute Gasteiger partial charge is 0.254 e. The van der Waals surface area contributed by atoms with Gasteiger partial charge in [0.05, 0.1) is 26.3 Å². The average molecular weight is 561 g/mol. The number of benzene rings is 2. The summed E-state index contributed by atoms with van der Waals surface area (Å²) >= 11 is 6.44. The van der Waals surface area contributed by atoms with Crippen LogP contribution in [0.3, 0.4) is 0 Å². The van der Waals surface area contributed by atoms with Crippen LogP contribution in [0.15, 0.2) is 47.4 Å². The van der Waals surface area contributed by atoms with Gasteiger partial charge in [0.1, 0.15) is 11.6 Å². The lowest BCUT2D eigenvalue weighted by atomic mass is 9.88. The Balaban J connectivity index is 1.21. The molecule has 1 N–H and O–H groups in total. The van der Waals surface area contributed by atoms with E-state index >= 15 is 0 Å². The molecule has 5 rings (SSSR count). The van der Waals surface area contributed by atoms with Crippen molar-refractivity contribution in [3.8, 4) is 0 Å². The molecule has 0 saturated carbocycles. The summed E-state index contributed by atoms with van der Waals surface area (Å²) in [6.07, 6.45) is 1.17. The third-order valence-electron chi connectivity index (χ3n) is 7.92. The van der Waals surface area contributed by atoms with Crippen LogP contribution >= 0.6 is 11.6 Å². The van der Waals surface area contributed by atoms with Gasteiger partial charge in [0, 0.05) is 55.9 Å². The first-order chi connectivity index (χ1) is 18.1. The third kappa shape index (κ3) is 5.03. The lowest BCUT2D eigenvalue weighted by molar-refractivity contribution is -0.137. The minimum atomic E-state index is -1.67. The molecule has 0 aliphatic carbocycles. The molecule has 3 aliphatic rings. The van der Waals surface area contributed by atoms with E-state index in [0.717, 1.165) is 5.69 Å². The van der Waals surface area contributed by atoms with Gasteiger partial charge in [-0.15, -0.1) is 0 Å². The summed E-state index contributed by atoms with van der Waals surface area (Å²) in [4.78, 5) is 43.3. The van der Waals surface area contributed by atoms with E-state index in [4.69, 9.17) is 11.6 Å². The fraction of sp³-hybridized carbons (Fsp3) is 0.444. The van der Waals surface area contributed by atoms with E-state index in [9.17, 15) is 23.0 Å². The molecule has 1 spiro atoms. The number of carbonyl (C=O) groups is 3. The van der Waals surface area contributed by atoms with Gasteiger partial charge in [0.15, 0.2) is 0 Å². The number of carbonyl (C=O) groups excluding carboxylic acids is 3. The van der Waals surface area contributed by atoms with E-state index in [1.165, 1.54) is 18.2 Å². The van der Waals surface area contributed by atoms with Crippen LogP contribution in [0, 0.1) is 5.82 Å². The zero-order valence-corrected chi connectivity index (χ0v) is 22.9. The Labute approximate surface area is 228 Å². The Hall–Kier alpha value is -2.98. The van der Waals surface area contributed by atoms with E-state index < -0.39 is 10.8 Å². The second-order valence-electron chi connectivity index (χ2n) is 10.4. The minimum absolute atomic E-state index is 0.000547. The zero-order valence-electron chi connectivity index (χ0n) is 21.3. The van der Waals surface area contributed by atoms with Crippen molar-refractivity contribution < 1.29 is 23.0 Å². The van der Waals surface area contributed by atoms with Crippen molar-refractivity contribution in [2.75, 3.05) is 36.8 Å². The van der Waals surface area contributed by atoms with Gasteiger partial charge in [0.2, 0.25) is 11.8 Å². The van der Waals surface area contributed by atoms with Crippen molar-refractivity contribution in [2.24, 2.45) is 0 Å². The first kappa shape index (κ1) is 26.6. The van der Waals surface area contributed by atoms with E-state index in [1.807, 2.05) is 19.9 Å². The summed E-state index contributed by atoms with van der Waals surface area (Å²) in [6.45, 7) is 5.84. The summed E-state index contributed by atoms with van der Waals surface area (Å²) in [7, 11) is -1.67. The number of hydrogen-bond acceptors (Lipinski definition) is 5. The normalized spacial score (nSPS) is 23.3. The predicted octanol–water partition coefficient (Wildman–Crippen LogP) is 2.82. The number of halogens is 2. The number of rotatable bonds is 5. The Morgan fingerprint density at radius 2 is 1.89 bits per heavy atom. The van der Waals surface area contributed by atoms with Crippen LogP contribution in [0.5, 0.6) is 0 Å². The van der Waals surface area contributed by atoms with Crippen molar-refractivity contribution >= 4 is 45.8 Å². The summed E-state index contributed by atoms with van der Waals surface area (Å²) in [5, 5.41) is 3.10. The van der Waals surface area contributed by atoms with E-state index in [1.54, 1.807) is 28.0 Å². The lowest BCUT2D eigenvalue weighted by Crippen LogP contribution is -2.68. The van der Waals surface area contributed by atoms with Crippen molar-refractivity contribution in [2.45, 2.75) is 49.2 Å². The predicted molar refractivity (Wildman–Crippen MR) is 143 cm³/mol. The van der Waals surface area contributed by atoms with Crippen LogP contribution in [0.2, 0.25) is 5.02 Å². The fourth-order valence-corrected chi connectivity index (χ4v) is 7.08. The number of likely N-dealkylation sites (tertiary alicyclic amines) is 1. The van der Waals surface area contributed by atoms with Gasteiger partial charge in [-0.1, -0.05) is 17.7 Å². The summed E-state index contributed by atoms with van der Waals surface area (Å²) in [5.74, 6) is -0.966. The molecule has 0 radical (unpaired) electrons. The highest BCUT2D eigenvalue weighted by molar-refractivity contribution is 7.85. The molecule has 3 heterocycles. The Bertz CT molecular complexity index is 1320. The second kappa shape index (κ2) is 10.3. The molecule has 8 nitrogen and oxygen atoms in total. The van der Waals surface area contributed by atoms with E-state index in [0.29, 0.717) is 49.5 Å². The van der Waals surface area contributed by atoms with E-state index in [2.05, 4.69) is 10.2 Å². The quantitative estimate of drug-likeness (QED) is 0.607. The highest BCUT2D eigenvalue weighted by atomic mass is 35.5. The molecule has 3 saturated heterocycles. The monoisotopic (exact) mass is 560 g/mol. The molecular formula is C27H30ClFN4O4S. The number of anilines is 1. The van der Waals surface area contributed by atoms with Gasteiger partial charge < -0.3 is 20.0 Å².